The Morgan fingerprint density at radius 1 is 1.10 bits per heavy atom. The van der Waals surface area contributed by atoms with E-state index in [1.54, 1.807) is 0 Å². The number of ether oxygens (including phenoxy) is 2. The molecule has 0 heterocycles. The maximum atomic E-state index is 12.6. The van der Waals surface area contributed by atoms with E-state index in [2.05, 4.69) is 10.9 Å². The number of carbonyl (C=O) groups excluding carboxylic acids is 3. The van der Waals surface area contributed by atoms with Crippen LogP contribution in [0.2, 0.25) is 5.02 Å². The largest absolute Gasteiger partial charge is 0.493 e. The third-order valence-corrected chi connectivity index (χ3v) is 7.15. The van der Waals surface area contributed by atoms with Crippen molar-refractivity contribution in [2.75, 3.05) is 13.7 Å². The van der Waals surface area contributed by atoms with Gasteiger partial charge in [0.1, 0.15) is 0 Å². The van der Waals surface area contributed by atoms with E-state index in [0.717, 1.165) is 37.0 Å². The number of amides is 3. The highest BCUT2D eigenvalue weighted by Gasteiger charge is 2.51. The Labute approximate surface area is 186 Å². The predicted molar refractivity (Wildman–Crippen MR) is 114 cm³/mol. The van der Waals surface area contributed by atoms with Crippen LogP contribution in [0, 0.1) is 23.2 Å². The van der Waals surface area contributed by atoms with Gasteiger partial charge in [0, 0.05) is 12.0 Å². The Hall–Kier alpha value is -2.48. The molecule has 3 amide bonds. The van der Waals surface area contributed by atoms with Gasteiger partial charge in [0.25, 0.3) is 11.8 Å². The van der Waals surface area contributed by atoms with Gasteiger partial charge in [0.15, 0.2) is 18.1 Å². The smallest absolute Gasteiger partial charge is 0.269 e. The van der Waals surface area contributed by atoms with Crippen molar-refractivity contribution in [2.45, 2.75) is 44.9 Å². The lowest BCUT2D eigenvalue weighted by Crippen LogP contribution is -2.50. The molecule has 0 saturated heterocycles. The van der Waals surface area contributed by atoms with Crippen molar-refractivity contribution in [1.29, 1.82) is 0 Å². The summed E-state index contributed by atoms with van der Waals surface area (Å²) >= 11 is 6.18. The highest BCUT2D eigenvalue weighted by atomic mass is 35.5. The average Bonchev–Trinajstić information content (AvgIpc) is 2.69. The lowest BCUT2D eigenvalue weighted by atomic mass is 9.49. The first-order valence-electron chi connectivity index (χ1n) is 10.6. The quantitative estimate of drug-likeness (QED) is 0.552. The second-order valence-corrected chi connectivity index (χ2v) is 9.75. The van der Waals surface area contributed by atoms with Crippen molar-refractivity contribution in [1.82, 2.24) is 10.9 Å². The number of carbonyl (C=O) groups is 3. The third kappa shape index (κ3) is 4.74. The zero-order valence-corrected chi connectivity index (χ0v) is 18.3. The van der Waals surface area contributed by atoms with E-state index in [-0.39, 0.29) is 40.0 Å². The van der Waals surface area contributed by atoms with Gasteiger partial charge in [-0.3, -0.25) is 25.2 Å². The Bertz CT molecular complexity index is 868. The summed E-state index contributed by atoms with van der Waals surface area (Å²) < 4.78 is 10.5. The molecular formula is C22H28ClN3O5. The summed E-state index contributed by atoms with van der Waals surface area (Å²) in [5, 5.41) is 0.0886. The molecule has 4 fully saturated rings. The van der Waals surface area contributed by atoms with E-state index in [9.17, 15) is 14.4 Å². The Morgan fingerprint density at radius 3 is 2.26 bits per heavy atom. The van der Waals surface area contributed by atoms with Crippen LogP contribution in [-0.2, 0) is 9.59 Å². The molecule has 168 valence electrons. The van der Waals surface area contributed by atoms with Gasteiger partial charge < -0.3 is 15.2 Å². The van der Waals surface area contributed by atoms with E-state index in [1.807, 2.05) is 0 Å². The van der Waals surface area contributed by atoms with E-state index < -0.39 is 11.8 Å². The van der Waals surface area contributed by atoms with Crippen molar-refractivity contribution >= 4 is 29.3 Å². The van der Waals surface area contributed by atoms with Crippen molar-refractivity contribution in [3.8, 4) is 11.5 Å². The van der Waals surface area contributed by atoms with Crippen LogP contribution in [0.3, 0.4) is 0 Å². The normalized spacial score (nSPS) is 28.1. The summed E-state index contributed by atoms with van der Waals surface area (Å²) in [5.41, 5.74) is 10.4. The number of nitrogens with two attached hydrogens (primary N) is 1. The molecule has 8 nitrogen and oxygen atoms in total. The molecule has 0 radical (unpaired) electrons. The van der Waals surface area contributed by atoms with Gasteiger partial charge in [0.2, 0.25) is 5.91 Å². The average molecular weight is 450 g/mol. The second-order valence-electron chi connectivity index (χ2n) is 9.34. The fourth-order valence-corrected chi connectivity index (χ4v) is 6.49. The summed E-state index contributed by atoms with van der Waals surface area (Å²) in [6, 6.07) is 2.80. The fraction of sp³-hybridized carbons (Fsp3) is 0.591. The summed E-state index contributed by atoms with van der Waals surface area (Å²) in [6.07, 6.45) is 7.78. The van der Waals surface area contributed by atoms with Crippen LogP contribution in [0.5, 0.6) is 11.5 Å². The first-order valence-corrected chi connectivity index (χ1v) is 11.0. The van der Waals surface area contributed by atoms with Gasteiger partial charge >= 0.3 is 0 Å². The minimum Gasteiger partial charge on any atom is -0.493 e. The van der Waals surface area contributed by atoms with Gasteiger partial charge in [-0.05, 0) is 73.8 Å². The second kappa shape index (κ2) is 8.57. The fourth-order valence-electron chi connectivity index (χ4n) is 6.22. The number of halogens is 1. The molecule has 1 aromatic rings. The highest BCUT2D eigenvalue weighted by Crippen LogP contribution is 2.61. The Morgan fingerprint density at radius 2 is 1.71 bits per heavy atom. The summed E-state index contributed by atoms with van der Waals surface area (Å²) in [5.74, 6) is 1.22. The van der Waals surface area contributed by atoms with Crippen LogP contribution in [0.25, 0.3) is 0 Å². The molecule has 4 N–H and O–H groups in total. The maximum Gasteiger partial charge on any atom is 0.269 e. The number of rotatable bonds is 7. The van der Waals surface area contributed by atoms with E-state index >= 15 is 0 Å². The van der Waals surface area contributed by atoms with Gasteiger partial charge in [-0.15, -0.1) is 0 Å². The molecule has 0 atom stereocenters. The molecule has 4 saturated carbocycles. The lowest BCUT2D eigenvalue weighted by molar-refractivity contribution is -0.130. The molecule has 4 bridgehead atoms. The number of benzene rings is 1. The minimum absolute atomic E-state index is 0.0886. The number of hydrazine groups is 1. The molecule has 1 aromatic carbocycles. The summed E-state index contributed by atoms with van der Waals surface area (Å²) in [6.45, 7) is -0.373. The summed E-state index contributed by atoms with van der Waals surface area (Å²) in [7, 11) is 1.39. The van der Waals surface area contributed by atoms with Crippen LogP contribution in [0.1, 0.15) is 55.3 Å². The van der Waals surface area contributed by atoms with Crippen LogP contribution in [-0.4, -0.2) is 31.4 Å². The zero-order chi connectivity index (χ0) is 22.2. The lowest BCUT2D eigenvalue weighted by Gasteiger charge is -2.56. The molecule has 0 spiro atoms. The number of primary amides is 1. The van der Waals surface area contributed by atoms with Gasteiger partial charge in [-0.25, -0.2) is 0 Å². The first kappa shape index (κ1) is 21.7. The number of nitrogens with one attached hydrogen (secondary N) is 2. The topological polar surface area (TPSA) is 120 Å². The van der Waals surface area contributed by atoms with Crippen molar-refractivity contribution in [3.63, 3.8) is 0 Å². The summed E-state index contributed by atoms with van der Waals surface area (Å²) in [4.78, 5) is 36.1. The standard InChI is InChI=1S/C22H28ClN3O5/c1-30-17-6-15(5-16(23)20(17)31-11-18(24)27)21(29)26-25-19(28)10-22-7-12-2-13(8-22)4-14(3-12)9-22/h5-6,12-14H,2-4,7-11H2,1H3,(H2,24,27)(H,25,28)(H,26,29). The van der Waals surface area contributed by atoms with Crippen molar-refractivity contribution in [3.05, 3.63) is 22.7 Å². The number of methoxy groups -OCH3 is 1. The molecule has 5 rings (SSSR count). The van der Waals surface area contributed by atoms with Gasteiger partial charge in [-0.1, -0.05) is 11.6 Å². The Balaban J connectivity index is 1.36. The van der Waals surface area contributed by atoms with Crippen LogP contribution in [0.4, 0.5) is 0 Å². The maximum absolute atomic E-state index is 12.6. The van der Waals surface area contributed by atoms with E-state index in [4.69, 9.17) is 26.8 Å². The van der Waals surface area contributed by atoms with Crippen LogP contribution in [0.15, 0.2) is 12.1 Å². The first-order chi connectivity index (χ1) is 14.8. The van der Waals surface area contributed by atoms with E-state index in [0.29, 0.717) is 6.42 Å². The molecule has 4 aliphatic rings. The van der Waals surface area contributed by atoms with Gasteiger partial charge in [-0.2, -0.15) is 0 Å². The van der Waals surface area contributed by atoms with Crippen molar-refractivity contribution in [2.24, 2.45) is 28.9 Å². The predicted octanol–water partition coefficient (Wildman–Crippen LogP) is 2.58. The van der Waals surface area contributed by atoms with Crippen molar-refractivity contribution < 1.29 is 23.9 Å². The van der Waals surface area contributed by atoms with Gasteiger partial charge in [0.05, 0.1) is 12.1 Å². The minimum atomic E-state index is -0.665. The molecule has 0 aliphatic heterocycles. The molecule has 31 heavy (non-hydrogen) atoms. The monoisotopic (exact) mass is 449 g/mol. The molecule has 9 heteroatoms. The van der Waals surface area contributed by atoms with Crippen LogP contribution >= 0.6 is 11.6 Å². The highest BCUT2D eigenvalue weighted by molar-refractivity contribution is 6.32. The number of hydrogen-bond acceptors (Lipinski definition) is 5. The van der Waals surface area contributed by atoms with Crippen LogP contribution < -0.4 is 26.1 Å². The molecule has 4 aliphatic carbocycles. The zero-order valence-electron chi connectivity index (χ0n) is 17.5. The number of hydrogen-bond donors (Lipinski definition) is 3. The SMILES string of the molecule is COc1cc(C(=O)NNC(=O)CC23CC4CC(CC(C4)C2)C3)cc(Cl)c1OCC(N)=O. The Kier molecular flexibility index (Phi) is 6.01. The molecule has 0 aromatic heterocycles. The van der Waals surface area contributed by atoms with E-state index in [1.165, 1.54) is 38.5 Å². The third-order valence-electron chi connectivity index (χ3n) is 6.87. The molecular weight excluding hydrogens is 422 g/mol. The molecule has 0 unspecified atom stereocenters.